The van der Waals surface area contributed by atoms with E-state index in [4.69, 9.17) is 4.74 Å². The minimum Gasteiger partial charge on any atom is -0.496 e. The topological polar surface area (TPSA) is 149 Å². The Bertz CT molecular complexity index is 1670. The number of carbonyl (C=O) groups is 3. The van der Waals surface area contributed by atoms with Crippen molar-refractivity contribution >= 4 is 62.1 Å². The molecule has 1 aliphatic rings. The van der Waals surface area contributed by atoms with Gasteiger partial charge >= 0.3 is 0 Å². The SMILES string of the molecule is CN[C@@H](C)C(=O)N[C@H]1CN(C(=O)CS(C)(=O)=O)c2cc(C#N)ccc2N(Cc2c(OC)ccc3ccccc23)C1=O.Cl. The van der Waals surface area contributed by atoms with Gasteiger partial charge in [0.05, 0.1) is 49.2 Å². The van der Waals surface area contributed by atoms with Crippen molar-refractivity contribution in [2.45, 2.75) is 25.6 Å². The molecule has 42 heavy (non-hydrogen) atoms. The van der Waals surface area contributed by atoms with Crippen LogP contribution < -0.4 is 25.2 Å². The molecule has 0 unspecified atom stereocenters. The molecule has 0 spiro atoms. The molecular formula is C29H32ClN5O6S. The number of likely N-dealkylation sites (N-methyl/N-ethyl adjacent to an activating group) is 1. The fraction of sp³-hybridized carbons (Fsp3) is 0.310. The summed E-state index contributed by atoms with van der Waals surface area (Å²) >= 11 is 0. The average Bonchev–Trinajstić information content (AvgIpc) is 3.06. The molecule has 0 aromatic heterocycles. The van der Waals surface area contributed by atoms with Crippen molar-refractivity contribution in [3.63, 3.8) is 0 Å². The number of nitriles is 1. The molecule has 0 bridgehead atoms. The third-order valence-corrected chi connectivity index (χ3v) is 7.75. The first kappa shape index (κ1) is 32.3. The van der Waals surface area contributed by atoms with Gasteiger partial charge < -0.3 is 25.2 Å². The maximum Gasteiger partial charge on any atom is 0.251 e. The van der Waals surface area contributed by atoms with E-state index in [2.05, 4.69) is 10.6 Å². The molecule has 0 fully saturated rings. The minimum atomic E-state index is -3.74. The molecule has 3 aromatic carbocycles. The lowest BCUT2D eigenvalue weighted by molar-refractivity contribution is -0.128. The Labute approximate surface area is 250 Å². The lowest BCUT2D eigenvalue weighted by Gasteiger charge is -2.27. The van der Waals surface area contributed by atoms with Gasteiger partial charge in [0.1, 0.15) is 17.5 Å². The van der Waals surface area contributed by atoms with Crippen LogP contribution in [-0.2, 0) is 30.8 Å². The molecule has 1 aliphatic heterocycles. The second-order valence-corrected chi connectivity index (χ2v) is 12.0. The zero-order valence-corrected chi connectivity index (χ0v) is 25.2. The Morgan fingerprint density at radius 2 is 1.86 bits per heavy atom. The summed E-state index contributed by atoms with van der Waals surface area (Å²) in [6.45, 7) is 1.29. The van der Waals surface area contributed by atoms with Gasteiger partial charge in [0.15, 0.2) is 9.84 Å². The van der Waals surface area contributed by atoms with Gasteiger partial charge in [0.2, 0.25) is 11.8 Å². The van der Waals surface area contributed by atoms with Gasteiger partial charge in [0, 0.05) is 11.8 Å². The molecule has 2 N–H and O–H groups in total. The predicted octanol–water partition coefficient (Wildman–Crippen LogP) is 2.16. The van der Waals surface area contributed by atoms with E-state index in [-0.39, 0.29) is 42.4 Å². The molecule has 0 radical (unpaired) electrons. The van der Waals surface area contributed by atoms with Crippen LogP contribution in [0.4, 0.5) is 11.4 Å². The van der Waals surface area contributed by atoms with Crippen molar-refractivity contribution in [1.82, 2.24) is 10.6 Å². The fourth-order valence-corrected chi connectivity index (χ4v) is 5.37. The molecule has 4 rings (SSSR count). The van der Waals surface area contributed by atoms with Crippen LogP contribution >= 0.6 is 12.4 Å². The van der Waals surface area contributed by atoms with E-state index in [1.807, 2.05) is 36.4 Å². The normalized spacial score (nSPS) is 15.6. The number of methoxy groups -OCH3 is 1. The lowest BCUT2D eigenvalue weighted by Crippen LogP contribution is -2.56. The van der Waals surface area contributed by atoms with Gasteiger partial charge in [-0.1, -0.05) is 30.3 Å². The van der Waals surface area contributed by atoms with Crippen molar-refractivity contribution in [2.24, 2.45) is 0 Å². The fourth-order valence-electron chi connectivity index (χ4n) is 4.77. The number of carbonyl (C=O) groups excluding carboxylic acids is 3. The minimum absolute atomic E-state index is 0. The zero-order valence-electron chi connectivity index (χ0n) is 23.6. The highest BCUT2D eigenvalue weighted by Gasteiger charge is 2.38. The summed E-state index contributed by atoms with van der Waals surface area (Å²) in [6, 6.07) is 16.0. The number of sulfone groups is 1. The van der Waals surface area contributed by atoms with E-state index in [9.17, 15) is 28.1 Å². The molecule has 2 atom stereocenters. The summed E-state index contributed by atoms with van der Waals surface area (Å²) in [5.74, 6) is -2.07. The summed E-state index contributed by atoms with van der Waals surface area (Å²) in [7, 11) is -0.615. The van der Waals surface area contributed by atoms with Gasteiger partial charge in [-0.05, 0) is 49.0 Å². The molecule has 11 nitrogen and oxygen atoms in total. The van der Waals surface area contributed by atoms with E-state index in [1.54, 1.807) is 26.1 Å². The van der Waals surface area contributed by atoms with Crippen molar-refractivity contribution in [3.8, 4) is 11.8 Å². The largest absolute Gasteiger partial charge is 0.496 e. The number of ether oxygens (including phenoxy) is 1. The zero-order chi connectivity index (χ0) is 29.9. The molecule has 1 heterocycles. The van der Waals surface area contributed by atoms with E-state index in [1.165, 1.54) is 24.1 Å². The monoisotopic (exact) mass is 613 g/mol. The van der Waals surface area contributed by atoms with Crippen LogP contribution in [0.5, 0.6) is 5.75 Å². The first-order valence-corrected chi connectivity index (χ1v) is 14.9. The van der Waals surface area contributed by atoms with Crippen LogP contribution in [-0.4, -0.2) is 70.9 Å². The van der Waals surface area contributed by atoms with Crippen LogP contribution in [0, 0.1) is 11.3 Å². The number of hydrogen-bond acceptors (Lipinski definition) is 8. The highest BCUT2D eigenvalue weighted by atomic mass is 35.5. The maximum absolute atomic E-state index is 14.2. The van der Waals surface area contributed by atoms with Crippen molar-refractivity contribution in [2.75, 3.05) is 42.5 Å². The van der Waals surface area contributed by atoms with Crippen LogP contribution in [0.25, 0.3) is 10.8 Å². The number of anilines is 2. The number of halogens is 1. The van der Waals surface area contributed by atoms with Crippen LogP contribution in [0.3, 0.4) is 0 Å². The first-order valence-electron chi connectivity index (χ1n) is 12.8. The molecule has 0 saturated heterocycles. The van der Waals surface area contributed by atoms with Crippen LogP contribution in [0.1, 0.15) is 18.1 Å². The number of nitrogens with one attached hydrogen (secondary N) is 2. The maximum atomic E-state index is 14.2. The number of nitrogens with zero attached hydrogens (tertiary/aromatic N) is 3. The predicted molar refractivity (Wildman–Crippen MR) is 163 cm³/mol. The molecule has 3 aromatic rings. The Morgan fingerprint density at radius 1 is 1.14 bits per heavy atom. The molecule has 0 saturated carbocycles. The third kappa shape index (κ3) is 6.82. The number of amides is 3. The molecule has 3 amide bonds. The highest BCUT2D eigenvalue weighted by Crippen LogP contribution is 2.38. The third-order valence-electron chi connectivity index (χ3n) is 6.98. The molecular weight excluding hydrogens is 582 g/mol. The average molecular weight is 614 g/mol. The Kier molecular flexibility index (Phi) is 10.2. The smallest absolute Gasteiger partial charge is 0.251 e. The first-order chi connectivity index (χ1) is 19.5. The van der Waals surface area contributed by atoms with E-state index < -0.39 is 45.4 Å². The van der Waals surface area contributed by atoms with E-state index >= 15 is 0 Å². The summed E-state index contributed by atoms with van der Waals surface area (Å²) in [6.07, 6.45) is 0.938. The molecule has 13 heteroatoms. The standard InChI is InChI=1S/C29H31N5O6S.ClH/c1-18(31-2)28(36)32-23-16-33(27(35)17-41(4,38)39)25-13-19(14-30)9-11-24(25)34(29(23)37)15-22-21-8-6-5-7-20(21)10-12-26(22)40-3;/h5-13,18,23,31H,15-17H2,1-4H3,(H,32,36);1H/t18-,23-;/m0./s1. The van der Waals surface area contributed by atoms with Gasteiger partial charge in [-0.2, -0.15) is 5.26 Å². The second-order valence-electron chi connectivity index (χ2n) is 9.85. The van der Waals surface area contributed by atoms with Crippen LogP contribution in [0.15, 0.2) is 54.6 Å². The lowest BCUT2D eigenvalue weighted by atomic mass is 10.0. The van der Waals surface area contributed by atoms with E-state index in [0.29, 0.717) is 11.3 Å². The number of rotatable bonds is 8. The summed E-state index contributed by atoms with van der Waals surface area (Å²) in [4.78, 5) is 43.1. The second kappa shape index (κ2) is 13.2. The Hall–Kier alpha value is -4.18. The van der Waals surface area contributed by atoms with Crippen molar-refractivity contribution in [1.29, 1.82) is 5.26 Å². The Morgan fingerprint density at radius 3 is 2.50 bits per heavy atom. The number of fused-ring (bicyclic) bond motifs is 2. The number of hydrogen-bond donors (Lipinski definition) is 2. The van der Waals surface area contributed by atoms with Crippen molar-refractivity contribution < 1.29 is 27.5 Å². The van der Waals surface area contributed by atoms with Gasteiger partial charge in [-0.15, -0.1) is 12.4 Å². The van der Waals surface area contributed by atoms with Gasteiger partial charge in [0.25, 0.3) is 5.91 Å². The highest BCUT2D eigenvalue weighted by molar-refractivity contribution is 7.91. The summed E-state index contributed by atoms with van der Waals surface area (Å²) < 4.78 is 29.8. The van der Waals surface area contributed by atoms with Gasteiger partial charge in [-0.3, -0.25) is 14.4 Å². The Balaban J connectivity index is 0.00000484. The van der Waals surface area contributed by atoms with Crippen molar-refractivity contribution in [3.05, 3.63) is 65.7 Å². The van der Waals surface area contributed by atoms with E-state index in [0.717, 1.165) is 21.9 Å². The van der Waals surface area contributed by atoms with Gasteiger partial charge in [-0.25, -0.2) is 8.42 Å². The summed E-state index contributed by atoms with van der Waals surface area (Å²) in [5, 5.41) is 16.9. The molecule has 222 valence electrons. The van der Waals surface area contributed by atoms with Crippen LogP contribution in [0.2, 0.25) is 0 Å². The molecule has 0 aliphatic carbocycles. The number of benzene rings is 3. The quantitative estimate of drug-likeness (QED) is 0.393. The summed E-state index contributed by atoms with van der Waals surface area (Å²) in [5.41, 5.74) is 1.37.